The van der Waals surface area contributed by atoms with E-state index in [1.807, 2.05) is 27.8 Å². The second-order valence-electron chi connectivity index (χ2n) is 3.14. The van der Waals surface area contributed by atoms with Crippen molar-refractivity contribution in [2.45, 2.75) is 13.0 Å². The SMILES string of the molecule is Cl.NCCCn1[se]c2ccccc2c1=O. The van der Waals surface area contributed by atoms with E-state index >= 15 is 0 Å². The zero-order valence-corrected chi connectivity index (χ0v) is 10.7. The molecule has 0 saturated heterocycles. The van der Waals surface area contributed by atoms with E-state index in [2.05, 4.69) is 0 Å². The average Bonchev–Trinajstić information content (AvgIpc) is 2.54. The Morgan fingerprint density at radius 1 is 1.33 bits per heavy atom. The topological polar surface area (TPSA) is 48.0 Å². The Bertz CT molecular complexity index is 491. The number of aryl methyl sites for hydroxylation is 1. The van der Waals surface area contributed by atoms with Gasteiger partial charge in [0, 0.05) is 0 Å². The molecule has 2 aromatic rings. The Hall–Kier alpha value is -0.541. The van der Waals surface area contributed by atoms with Crippen LogP contribution in [0, 0.1) is 0 Å². The molecule has 0 fully saturated rings. The fourth-order valence-corrected chi connectivity index (χ4v) is 3.57. The third-order valence-electron chi connectivity index (χ3n) is 2.12. The molecule has 0 atom stereocenters. The minimum atomic E-state index is 0. The standard InChI is InChI=1S/C10H12N2OSe.ClH/c11-6-3-7-12-10(13)8-4-1-2-5-9(8)14-12;/h1-2,4-5H,3,6-7,11H2;1H. The van der Waals surface area contributed by atoms with E-state index in [1.165, 1.54) is 4.26 Å². The predicted molar refractivity (Wildman–Crippen MR) is 66.1 cm³/mol. The molecule has 0 unspecified atom stereocenters. The van der Waals surface area contributed by atoms with Crippen molar-refractivity contribution >= 4 is 36.8 Å². The van der Waals surface area contributed by atoms with Crippen LogP contribution in [0.25, 0.3) is 9.65 Å². The molecule has 82 valence electrons. The number of hydrogen-bond acceptors (Lipinski definition) is 2. The molecule has 0 amide bonds. The first-order valence-electron chi connectivity index (χ1n) is 4.62. The summed E-state index contributed by atoms with van der Waals surface area (Å²) in [5, 5.41) is 0.879. The molecule has 3 nitrogen and oxygen atoms in total. The van der Waals surface area contributed by atoms with Crippen LogP contribution in [0.2, 0.25) is 0 Å². The Morgan fingerprint density at radius 3 is 2.73 bits per heavy atom. The number of hydrogen-bond donors (Lipinski definition) is 1. The average molecular weight is 292 g/mol. The van der Waals surface area contributed by atoms with Crippen LogP contribution in [-0.4, -0.2) is 24.8 Å². The van der Waals surface area contributed by atoms with E-state index in [0.29, 0.717) is 6.54 Å². The summed E-state index contributed by atoms with van der Waals surface area (Å²) in [7, 11) is 0. The van der Waals surface area contributed by atoms with Crippen LogP contribution in [0.5, 0.6) is 0 Å². The normalized spacial score (nSPS) is 10.2. The Balaban J connectivity index is 0.00000112. The van der Waals surface area contributed by atoms with Crippen molar-refractivity contribution in [1.82, 2.24) is 3.56 Å². The fraction of sp³-hybridized carbons (Fsp3) is 0.300. The van der Waals surface area contributed by atoms with Crippen LogP contribution in [0.15, 0.2) is 29.1 Å². The van der Waals surface area contributed by atoms with E-state index in [9.17, 15) is 4.79 Å². The molecular formula is C10H13ClN2OSe. The van der Waals surface area contributed by atoms with Gasteiger partial charge in [-0.1, -0.05) is 0 Å². The molecule has 0 spiro atoms. The second-order valence-corrected chi connectivity index (χ2v) is 5.37. The van der Waals surface area contributed by atoms with Gasteiger partial charge in [-0.3, -0.25) is 0 Å². The van der Waals surface area contributed by atoms with E-state index in [1.54, 1.807) is 0 Å². The van der Waals surface area contributed by atoms with Gasteiger partial charge in [-0.15, -0.1) is 12.4 Å². The van der Waals surface area contributed by atoms with Gasteiger partial charge >= 0.3 is 87.8 Å². The predicted octanol–water partition coefficient (Wildman–Crippen LogP) is 0.829. The summed E-state index contributed by atoms with van der Waals surface area (Å²) in [5.41, 5.74) is 5.60. The van der Waals surface area contributed by atoms with Gasteiger partial charge in [0.1, 0.15) is 0 Å². The molecular weight excluding hydrogens is 279 g/mol. The first kappa shape index (κ1) is 12.5. The van der Waals surface area contributed by atoms with Crippen molar-refractivity contribution in [3.05, 3.63) is 34.6 Å². The summed E-state index contributed by atoms with van der Waals surface area (Å²) in [6.45, 7) is 1.44. The van der Waals surface area contributed by atoms with Gasteiger partial charge in [0.2, 0.25) is 0 Å². The summed E-state index contributed by atoms with van der Waals surface area (Å²) in [5.74, 6) is 0. The summed E-state index contributed by atoms with van der Waals surface area (Å²) in [6.07, 6.45) is 0.890. The first-order valence-corrected chi connectivity index (χ1v) is 6.24. The van der Waals surface area contributed by atoms with Gasteiger partial charge in [-0.2, -0.15) is 0 Å². The van der Waals surface area contributed by atoms with Gasteiger partial charge in [0.05, 0.1) is 0 Å². The number of aromatic nitrogens is 1. The zero-order valence-electron chi connectivity index (χ0n) is 8.18. The van der Waals surface area contributed by atoms with Crippen LogP contribution >= 0.6 is 12.4 Å². The Morgan fingerprint density at radius 2 is 2.07 bits per heavy atom. The van der Waals surface area contributed by atoms with Crippen molar-refractivity contribution in [2.24, 2.45) is 5.73 Å². The van der Waals surface area contributed by atoms with Crippen molar-refractivity contribution in [2.75, 3.05) is 6.54 Å². The third-order valence-corrected chi connectivity index (χ3v) is 4.47. The molecule has 0 saturated carbocycles. The molecule has 0 aliphatic heterocycles. The van der Waals surface area contributed by atoms with Crippen molar-refractivity contribution in [1.29, 1.82) is 0 Å². The number of nitrogens with two attached hydrogens (primary N) is 1. The monoisotopic (exact) mass is 292 g/mol. The van der Waals surface area contributed by atoms with Gasteiger partial charge in [0.15, 0.2) is 0 Å². The molecule has 15 heavy (non-hydrogen) atoms. The Kier molecular flexibility index (Phi) is 4.61. The summed E-state index contributed by atoms with van der Waals surface area (Å²) in [6, 6.07) is 7.84. The van der Waals surface area contributed by atoms with Gasteiger partial charge < -0.3 is 0 Å². The van der Waals surface area contributed by atoms with Crippen molar-refractivity contribution < 1.29 is 0 Å². The van der Waals surface area contributed by atoms with Crippen LogP contribution in [-0.2, 0) is 6.54 Å². The van der Waals surface area contributed by atoms with E-state index in [-0.39, 0.29) is 32.7 Å². The van der Waals surface area contributed by atoms with Gasteiger partial charge in [-0.25, -0.2) is 0 Å². The van der Waals surface area contributed by atoms with Crippen LogP contribution in [0.4, 0.5) is 0 Å². The van der Waals surface area contributed by atoms with Crippen molar-refractivity contribution in [3.8, 4) is 0 Å². The summed E-state index contributed by atoms with van der Waals surface area (Å²) >= 11 is 0.169. The molecule has 5 heteroatoms. The molecule has 2 N–H and O–H groups in total. The van der Waals surface area contributed by atoms with E-state index < -0.39 is 0 Å². The number of rotatable bonds is 3. The fourth-order valence-electron chi connectivity index (χ4n) is 1.40. The van der Waals surface area contributed by atoms with Crippen molar-refractivity contribution in [3.63, 3.8) is 0 Å². The van der Waals surface area contributed by atoms with E-state index in [0.717, 1.165) is 18.4 Å². The number of benzene rings is 1. The molecule has 0 bridgehead atoms. The zero-order chi connectivity index (χ0) is 9.97. The quantitative estimate of drug-likeness (QED) is 0.852. The molecule has 1 aromatic carbocycles. The Labute approximate surface area is 100 Å². The summed E-state index contributed by atoms with van der Waals surface area (Å²) < 4.78 is 3.12. The molecule has 0 aliphatic rings. The van der Waals surface area contributed by atoms with Gasteiger partial charge in [0.25, 0.3) is 0 Å². The number of fused-ring (bicyclic) bond motifs is 1. The first-order chi connectivity index (χ1) is 6.83. The van der Waals surface area contributed by atoms with Crippen LogP contribution < -0.4 is 11.3 Å². The summed E-state index contributed by atoms with van der Waals surface area (Å²) in [4.78, 5) is 11.8. The minimum absolute atomic E-state index is 0. The van der Waals surface area contributed by atoms with Gasteiger partial charge in [-0.05, 0) is 0 Å². The number of halogens is 1. The molecule has 0 aliphatic carbocycles. The maximum absolute atomic E-state index is 11.8. The third kappa shape index (κ3) is 2.52. The van der Waals surface area contributed by atoms with E-state index in [4.69, 9.17) is 5.73 Å². The molecule has 1 heterocycles. The number of nitrogens with zero attached hydrogens (tertiary/aromatic N) is 1. The molecule has 0 radical (unpaired) electrons. The molecule has 2 rings (SSSR count). The second kappa shape index (κ2) is 5.52. The van der Waals surface area contributed by atoms with Crippen LogP contribution in [0.3, 0.4) is 0 Å². The maximum atomic E-state index is 11.8. The van der Waals surface area contributed by atoms with Crippen LogP contribution in [0.1, 0.15) is 6.42 Å². The molecule has 1 aromatic heterocycles.